The molecule has 8 rings (SSSR count). The smallest absolute Gasteiger partial charge is 0.407 e. The Hall–Kier alpha value is -6.27. The second kappa shape index (κ2) is 16.7. The lowest BCUT2D eigenvalue weighted by Crippen LogP contribution is -2.51. The summed E-state index contributed by atoms with van der Waals surface area (Å²) in [4.78, 5) is 59.4. The number of nitrogens with zero attached hydrogens (tertiary/aromatic N) is 4. The predicted molar refractivity (Wildman–Crippen MR) is 222 cm³/mol. The second-order valence-electron chi connectivity index (χ2n) is 15.5. The van der Waals surface area contributed by atoms with Crippen LogP contribution in [0.1, 0.15) is 74.9 Å². The first-order valence-electron chi connectivity index (χ1n) is 20.0. The molecule has 2 aliphatic rings. The van der Waals surface area contributed by atoms with Gasteiger partial charge in [-0.25, -0.2) is 14.8 Å². The van der Waals surface area contributed by atoms with E-state index in [1.165, 1.54) is 7.11 Å². The summed E-state index contributed by atoms with van der Waals surface area (Å²) in [6, 6.07) is 29.9. The Bertz CT molecular complexity index is 2410. The van der Waals surface area contributed by atoms with Crippen molar-refractivity contribution in [3.8, 4) is 33.6 Å². The van der Waals surface area contributed by atoms with Crippen LogP contribution in [0.4, 0.5) is 4.79 Å². The van der Waals surface area contributed by atoms with E-state index in [9.17, 15) is 14.4 Å². The number of hydrogen-bond donors (Lipinski definition) is 3. The molecule has 0 spiro atoms. The lowest BCUT2D eigenvalue weighted by atomic mass is 9.98. The van der Waals surface area contributed by atoms with Crippen molar-refractivity contribution >= 4 is 28.7 Å². The first kappa shape index (κ1) is 38.6. The summed E-state index contributed by atoms with van der Waals surface area (Å²) in [7, 11) is 2.88. The highest BCUT2D eigenvalue weighted by molar-refractivity contribution is 5.91. The molecule has 4 atom stereocenters. The van der Waals surface area contributed by atoms with Gasteiger partial charge in [-0.3, -0.25) is 9.59 Å². The number of H-pyrrole nitrogens is 2. The number of methoxy groups -OCH3 is 2. The summed E-state index contributed by atoms with van der Waals surface area (Å²) in [6.07, 6.45) is 5.81. The molecular weight excluding hydrogens is 731 g/mol. The van der Waals surface area contributed by atoms with Crippen LogP contribution in [0.25, 0.3) is 44.4 Å². The molecule has 58 heavy (non-hydrogen) atoms. The van der Waals surface area contributed by atoms with Gasteiger partial charge in [0.25, 0.3) is 5.91 Å². The molecule has 0 bridgehead atoms. The maximum Gasteiger partial charge on any atom is 0.407 e. The molecule has 1 unspecified atom stereocenters. The Kier molecular flexibility index (Phi) is 11.1. The van der Waals surface area contributed by atoms with Gasteiger partial charge in [-0.05, 0) is 76.8 Å². The summed E-state index contributed by atoms with van der Waals surface area (Å²) in [6.45, 7) is 5.09. The van der Waals surface area contributed by atoms with Crippen molar-refractivity contribution in [3.05, 3.63) is 121 Å². The first-order chi connectivity index (χ1) is 28.2. The summed E-state index contributed by atoms with van der Waals surface area (Å²) in [5.41, 5.74) is 6.86. The number of amides is 3. The highest BCUT2D eigenvalue weighted by Gasteiger charge is 2.38. The second-order valence-corrected chi connectivity index (χ2v) is 15.5. The van der Waals surface area contributed by atoms with Gasteiger partial charge in [0.05, 0.1) is 43.0 Å². The molecule has 3 N–H and O–H groups in total. The molecule has 3 amide bonds. The van der Waals surface area contributed by atoms with Gasteiger partial charge in [0.15, 0.2) is 6.10 Å². The normalized spacial score (nSPS) is 17.8. The van der Waals surface area contributed by atoms with Crippen LogP contribution in [0.15, 0.2) is 103 Å². The zero-order valence-electron chi connectivity index (χ0n) is 33.3. The van der Waals surface area contributed by atoms with Crippen molar-refractivity contribution in [1.82, 2.24) is 35.1 Å². The van der Waals surface area contributed by atoms with Crippen molar-refractivity contribution < 1.29 is 23.9 Å². The minimum absolute atomic E-state index is 0.0468. The quantitative estimate of drug-likeness (QED) is 0.120. The minimum atomic E-state index is -0.682. The number of fused-ring (bicyclic) bond motifs is 1. The van der Waals surface area contributed by atoms with Gasteiger partial charge in [0.1, 0.15) is 17.7 Å². The van der Waals surface area contributed by atoms with E-state index in [1.807, 2.05) is 66.4 Å². The molecule has 12 heteroatoms. The molecule has 298 valence electrons. The van der Waals surface area contributed by atoms with E-state index >= 15 is 0 Å². The standard InChI is InChI=1S/C46H49N7O5/c1-28(2)40(51-46(56)58-4)44(54)52-22-8-12-38(52)42-48-27-37(50-42)35-21-20-33-24-32(18-19-34(33)25-35)29-14-16-30(17-15-29)36-26-47-43(49-36)39-13-9-23-53(39)45(55)41(57-3)31-10-6-5-7-11-31/h5-7,10-11,14-21,24-28,38-41H,8-9,12-13,22-23H2,1-4H3,(H,47,49)(H,48,50)(H,51,56)/t38-,39-,40-,41?/m0/s1. The Morgan fingerprint density at radius 1 is 0.690 bits per heavy atom. The van der Waals surface area contributed by atoms with E-state index in [1.54, 1.807) is 7.11 Å². The molecule has 0 aliphatic carbocycles. The van der Waals surface area contributed by atoms with Gasteiger partial charge in [-0.2, -0.15) is 0 Å². The van der Waals surface area contributed by atoms with E-state index in [0.717, 1.165) is 87.3 Å². The van der Waals surface area contributed by atoms with E-state index in [0.29, 0.717) is 13.1 Å². The van der Waals surface area contributed by atoms with Crippen LogP contribution in [0.5, 0.6) is 0 Å². The molecule has 2 aromatic heterocycles. The minimum Gasteiger partial charge on any atom is -0.453 e. The fourth-order valence-corrected chi connectivity index (χ4v) is 8.41. The average Bonchev–Trinajstić information content (AvgIpc) is 4.10. The summed E-state index contributed by atoms with van der Waals surface area (Å²) in [5.74, 6) is 1.25. The zero-order valence-corrected chi connectivity index (χ0v) is 33.3. The molecule has 0 radical (unpaired) electrons. The number of ether oxygens (including phenoxy) is 2. The maximum absolute atomic E-state index is 13.6. The topological polar surface area (TPSA) is 146 Å². The van der Waals surface area contributed by atoms with E-state index < -0.39 is 18.2 Å². The van der Waals surface area contributed by atoms with Crippen LogP contribution in [0.2, 0.25) is 0 Å². The number of hydrogen-bond acceptors (Lipinski definition) is 7. The van der Waals surface area contributed by atoms with Crippen LogP contribution in [-0.4, -0.2) is 81.0 Å². The predicted octanol–water partition coefficient (Wildman–Crippen LogP) is 8.38. The molecule has 6 aromatic rings. The monoisotopic (exact) mass is 779 g/mol. The molecule has 2 aliphatic heterocycles. The molecule has 12 nitrogen and oxygen atoms in total. The first-order valence-corrected chi connectivity index (χ1v) is 20.0. The summed E-state index contributed by atoms with van der Waals surface area (Å²) in [5, 5.41) is 4.93. The highest BCUT2D eigenvalue weighted by atomic mass is 16.5. The molecule has 4 aromatic carbocycles. The van der Waals surface area contributed by atoms with Crippen LogP contribution < -0.4 is 5.32 Å². The van der Waals surface area contributed by atoms with Gasteiger partial charge in [-0.1, -0.05) is 92.7 Å². The molecular formula is C46H49N7O5. The van der Waals surface area contributed by atoms with Gasteiger partial charge in [0.2, 0.25) is 5.91 Å². The molecule has 2 saturated heterocycles. The van der Waals surface area contributed by atoms with Crippen molar-refractivity contribution in [1.29, 1.82) is 0 Å². The fraction of sp³-hybridized carbons (Fsp3) is 0.326. The third-order valence-corrected chi connectivity index (χ3v) is 11.5. The number of carbonyl (C=O) groups excluding carboxylic acids is 3. The van der Waals surface area contributed by atoms with Gasteiger partial charge in [-0.15, -0.1) is 0 Å². The molecule has 0 saturated carbocycles. The Balaban J connectivity index is 0.941. The summed E-state index contributed by atoms with van der Waals surface area (Å²) >= 11 is 0. The van der Waals surface area contributed by atoms with Crippen molar-refractivity contribution in [2.75, 3.05) is 27.3 Å². The average molecular weight is 780 g/mol. The number of rotatable bonds is 11. The third-order valence-electron chi connectivity index (χ3n) is 11.5. The van der Waals surface area contributed by atoms with E-state index in [4.69, 9.17) is 19.4 Å². The molecule has 4 heterocycles. The lowest BCUT2D eigenvalue weighted by Gasteiger charge is -2.30. The van der Waals surface area contributed by atoms with Crippen LogP contribution in [-0.2, 0) is 19.1 Å². The van der Waals surface area contributed by atoms with Gasteiger partial charge >= 0.3 is 6.09 Å². The number of alkyl carbamates (subject to hydrolysis) is 1. The highest BCUT2D eigenvalue weighted by Crippen LogP contribution is 2.36. The number of carbonyl (C=O) groups is 3. The van der Waals surface area contributed by atoms with Crippen LogP contribution in [0, 0.1) is 5.92 Å². The Labute approximate surface area is 338 Å². The number of likely N-dealkylation sites (tertiary alicyclic amines) is 2. The van der Waals surface area contributed by atoms with Crippen LogP contribution >= 0.6 is 0 Å². The maximum atomic E-state index is 13.6. The zero-order chi connectivity index (χ0) is 40.3. The van der Waals surface area contributed by atoms with Gasteiger partial charge in [0, 0.05) is 25.8 Å². The number of aromatic amines is 2. The Morgan fingerprint density at radius 3 is 1.81 bits per heavy atom. The number of aromatic nitrogens is 4. The number of nitrogens with one attached hydrogen (secondary N) is 3. The summed E-state index contributed by atoms with van der Waals surface area (Å²) < 4.78 is 10.4. The van der Waals surface area contributed by atoms with Crippen molar-refractivity contribution in [2.45, 2.75) is 63.8 Å². The fourth-order valence-electron chi connectivity index (χ4n) is 8.41. The number of imidazole rings is 2. The number of benzene rings is 4. The van der Waals surface area contributed by atoms with Crippen LogP contribution in [0.3, 0.4) is 0 Å². The largest absolute Gasteiger partial charge is 0.453 e. The SMILES string of the molecule is COC(=O)N[C@H](C(=O)N1CCC[C@H]1c1ncc(-c2ccc3cc(-c4ccc(-c5cnc([C@@H]6CCCN6C(=O)C(OC)c6ccccc6)[nH]5)cc4)ccc3c2)[nH]1)C(C)C. The van der Waals surface area contributed by atoms with Crippen molar-refractivity contribution in [2.24, 2.45) is 5.92 Å². The van der Waals surface area contributed by atoms with E-state index in [-0.39, 0.29) is 29.8 Å². The Morgan fingerprint density at radius 2 is 1.22 bits per heavy atom. The van der Waals surface area contributed by atoms with E-state index in [2.05, 4.69) is 75.9 Å². The third kappa shape index (κ3) is 7.71. The van der Waals surface area contributed by atoms with Gasteiger partial charge < -0.3 is 34.6 Å². The lowest BCUT2D eigenvalue weighted by molar-refractivity contribution is -0.143. The van der Waals surface area contributed by atoms with Crippen molar-refractivity contribution in [3.63, 3.8) is 0 Å². The molecule has 2 fully saturated rings.